The summed E-state index contributed by atoms with van der Waals surface area (Å²) < 4.78 is 5.01. The molecule has 0 fully saturated rings. The highest BCUT2D eigenvalue weighted by Gasteiger charge is 2.34. The van der Waals surface area contributed by atoms with Crippen LogP contribution in [0.25, 0.3) is 22.0 Å². The van der Waals surface area contributed by atoms with Crippen LogP contribution in [0.15, 0.2) is 135 Å². The molecule has 0 saturated heterocycles. The van der Waals surface area contributed by atoms with Gasteiger partial charge in [-0.3, -0.25) is 31.8 Å². The Morgan fingerprint density at radius 1 is 0.578 bits per heavy atom. The first-order valence-corrected chi connectivity index (χ1v) is 44.5. The van der Waals surface area contributed by atoms with Gasteiger partial charge in [0.25, 0.3) is 5.58 Å². The number of carboxylic acids is 1. The Morgan fingerprint density at radius 3 is 1.65 bits per heavy atom. The molecule has 51 nitrogen and oxygen atoms in total. The van der Waals surface area contributed by atoms with Gasteiger partial charge >= 0.3 is 11.7 Å². The van der Waals surface area contributed by atoms with E-state index in [0.29, 0.717) is 40.0 Å². The van der Waals surface area contributed by atoms with Crippen molar-refractivity contribution in [3.63, 3.8) is 0 Å². The number of hydrogen-bond acceptors (Lipinski definition) is 28. The molecular weight excluding hydrogens is 1790 g/mol. The van der Waals surface area contributed by atoms with Crippen molar-refractivity contribution in [1.82, 2.24) is 30.6 Å². The summed E-state index contributed by atoms with van der Waals surface area (Å²) in [5.41, 5.74) is 6.99. The minimum absolute atomic E-state index is 0.00282. The van der Waals surface area contributed by atoms with E-state index in [4.69, 9.17) is 31.9 Å². The maximum absolute atomic E-state index is 12.0. The summed E-state index contributed by atoms with van der Waals surface area (Å²) in [7, 11) is 0. The predicted molar refractivity (Wildman–Crippen MR) is 518 cm³/mol. The van der Waals surface area contributed by atoms with Gasteiger partial charge in [0.2, 0.25) is 82.6 Å². The molecule has 0 aliphatic carbocycles. The standard InChI is InChI=1S/C83H122N28O23S/c1-40(2)30-55(105-73(121)50(17-13-28-91-83(87)88)101-75(123)52(19-23-61(84)112)102-72(120)49(100-74(122)51-21-25-64(115)97-51)16-11-12-27-90-48-18-22-60(111(132)133)69-68(48)109-110-134-69)71(119)93-37-65(116)99-59(34-63(86)114)80(128)103-53(20-24-62(85)113)76(124)107-57(32-44-35-92-47-15-10-9-14-46(44)47)77(125)96-43(7)70(118)108-67(42(5)6)81(129)94-38-66(117)98-58(33-45-36-89-39-95-45)79(127)106-56(31-41(3)4)78(126)104-54(82(130)131)26-29-135-8/h9-10,14-15,18,22,35-36,39-43,49-59,67,90,92H,11-13,16-17,19-21,23-34,37-38H2,1-8H3,(H2,84,112)(H2,85,113)(H2,86,114)(H,89,95)(H,93,119)(H,94,129)(H,96,125)(H,97,115)(H,98,117)(H,99,116)(H,100,122)(H,101,123)(H,102,120)(H,103,128)(H,104,126)(H,105,121)(H,106,127)(H,107,124)(H,108,118)(H,130,131)(H4,87,88,91). The molecule has 738 valence electrons. The molecule has 1 aliphatic rings. The molecule has 13 atom stereocenters. The number of carbonyl (C=O) groups is 1. The highest BCUT2D eigenvalue weighted by molar-refractivity contribution is 7.98. The van der Waals surface area contributed by atoms with Gasteiger partial charge in [-0.05, 0) is 125 Å². The molecule has 0 saturated carbocycles. The van der Waals surface area contributed by atoms with Crippen molar-refractivity contribution in [2.45, 2.75) is 236 Å². The van der Waals surface area contributed by atoms with E-state index in [-0.39, 0.29) is 118 Å². The van der Waals surface area contributed by atoms with Gasteiger partial charge in [0, 0.05) is 85.5 Å². The number of aliphatic hydroxyl groups is 18. The highest BCUT2D eigenvalue weighted by atomic mass is 32.2. The summed E-state index contributed by atoms with van der Waals surface area (Å²) in [5.74, 6) is -17.3. The number of fused-ring (bicyclic) bond motifs is 2. The van der Waals surface area contributed by atoms with Gasteiger partial charge < -0.3 is 128 Å². The summed E-state index contributed by atoms with van der Waals surface area (Å²) in [6.07, 6.45) is 3.54. The molecule has 5 aromatic rings. The van der Waals surface area contributed by atoms with Gasteiger partial charge in [-0.2, -0.15) is 11.8 Å². The summed E-state index contributed by atoms with van der Waals surface area (Å²) >= 11 is 1.39. The molecule has 29 N–H and O–H groups in total. The van der Waals surface area contributed by atoms with Crippen molar-refractivity contribution in [2.24, 2.45) is 98.4 Å². The lowest BCUT2D eigenvalue weighted by molar-refractivity contribution is -0.383. The molecule has 2 aromatic carbocycles. The lowest BCUT2D eigenvalue weighted by atomic mass is 10.0. The number of aliphatic carboxylic acids is 1. The van der Waals surface area contributed by atoms with Crippen molar-refractivity contribution in [3.8, 4) is 0 Å². The van der Waals surface area contributed by atoms with Crippen LogP contribution in [0.5, 0.6) is 0 Å². The Morgan fingerprint density at radius 2 is 1.10 bits per heavy atom. The van der Waals surface area contributed by atoms with Gasteiger partial charge in [-0.25, -0.2) is 84.7 Å². The number of guanidine groups is 1. The van der Waals surface area contributed by atoms with Crippen LogP contribution in [0.2, 0.25) is 0 Å². The van der Waals surface area contributed by atoms with Gasteiger partial charge in [0.1, 0.15) is 85.6 Å². The third-order valence-electron chi connectivity index (χ3n) is 20.3. The van der Waals surface area contributed by atoms with Crippen LogP contribution in [0.3, 0.4) is 0 Å². The lowest BCUT2D eigenvalue weighted by Crippen LogP contribution is -2.33. The minimum Gasteiger partial charge on any atom is -0.497 e. The molecule has 0 bridgehead atoms. The quantitative estimate of drug-likeness (QED) is 0.00565. The zero-order valence-electron chi connectivity index (χ0n) is 75.6. The first-order valence-electron chi connectivity index (χ1n) is 43.1. The maximum Gasteiger partial charge on any atom is 0.328 e. The molecule has 135 heavy (non-hydrogen) atoms. The topological polar surface area (TPSA) is 859 Å². The molecule has 0 amide bonds. The van der Waals surface area contributed by atoms with E-state index in [1.807, 2.05) is 0 Å². The van der Waals surface area contributed by atoms with E-state index in [2.05, 4.69) is 111 Å². The van der Waals surface area contributed by atoms with Crippen LogP contribution in [0, 0.1) is 49.5 Å². The third kappa shape index (κ3) is 36.8. The first-order chi connectivity index (χ1) is 63.9. The molecule has 0 spiro atoms. The molecule has 3 aromatic heterocycles. The zero-order valence-corrected chi connectivity index (χ0v) is 76.4. The zero-order chi connectivity index (χ0) is 99.9. The number of aliphatic imine (C=N–C) groups is 15. The van der Waals surface area contributed by atoms with Crippen molar-refractivity contribution in [1.29, 1.82) is 21.6 Å². The molecule has 1 aliphatic heterocycles. The van der Waals surface area contributed by atoms with Crippen LogP contribution in [-0.4, -0.2) is 362 Å². The number of unbranched alkanes of at least 4 members (excludes halogenated alkanes) is 1. The summed E-state index contributed by atoms with van der Waals surface area (Å²) in [6.45, 7) is 10.0. The molecular formula is C83H122N28O23S. The van der Waals surface area contributed by atoms with E-state index in [1.165, 1.54) is 43.3 Å². The number of non-ortho nitro benzene ring substituents is 1. The Kier molecular flexibility index (Phi) is 43.9. The number of aromatic amines is 2. The summed E-state index contributed by atoms with van der Waals surface area (Å²) in [4.78, 5) is 95.8. The number of benzene rings is 2. The molecule has 4 heterocycles. The second kappa shape index (κ2) is 54.4. The van der Waals surface area contributed by atoms with Crippen molar-refractivity contribution in [3.05, 3.63) is 76.5 Å². The highest BCUT2D eigenvalue weighted by Crippen LogP contribution is 2.31. The fourth-order valence-electron chi connectivity index (χ4n) is 13.3. The lowest BCUT2D eigenvalue weighted by Gasteiger charge is -2.19. The van der Waals surface area contributed by atoms with Gasteiger partial charge in [0.15, 0.2) is 41.1 Å². The monoisotopic (exact) mass is 1910 g/mol. The number of nitro groups is 1. The van der Waals surface area contributed by atoms with Crippen LogP contribution in [-0.2, 0) is 17.6 Å². The number of H-pyrrole nitrogens is 2. The number of nitrogens with two attached hydrogens (primary N) is 1. The average molecular weight is 1910 g/mol. The molecule has 52 heteroatoms. The van der Waals surface area contributed by atoms with E-state index in [1.54, 1.807) is 78.3 Å². The molecule has 6 rings (SSSR count). The maximum atomic E-state index is 12.0. The number of thioether (sulfide) groups is 1. The number of nitro benzene ring substituents is 1. The predicted octanol–water partition coefficient (Wildman–Crippen LogP) is 10.8. The second-order valence-corrected chi connectivity index (χ2v) is 33.5. The first kappa shape index (κ1) is 109. The number of carboxylic acid groups (broad SMARTS) is 1. The number of imidazole rings is 1. The van der Waals surface area contributed by atoms with Gasteiger partial charge in [-0.15, -0.1) is 5.10 Å². The normalized spacial score (nSPS) is 17.7. The van der Waals surface area contributed by atoms with E-state index in [9.17, 15) is 112 Å². The van der Waals surface area contributed by atoms with Crippen LogP contribution >= 0.6 is 11.8 Å². The number of aromatic nitrogens is 5. The van der Waals surface area contributed by atoms with Crippen LogP contribution < -0.4 is 16.4 Å². The Hall–Kier alpha value is -14.7. The van der Waals surface area contributed by atoms with Gasteiger partial charge in [0.05, 0.1) is 23.4 Å². The molecule has 13 unspecified atom stereocenters. The Balaban J connectivity index is 1.30. The fourth-order valence-corrected chi connectivity index (χ4v) is 13.8. The summed E-state index contributed by atoms with van der Waals surface area (Å²) in [6, 6.07) is -9.59. The number of anilines is 1. The van der Waals surface area contributed by atoms with Crippen molar-refractivity contribution >= 4 is 163 Å². The van der Waals surface area contributed by atoms with E-state index in [0.717, 1.165) is 0 Å². The van der Waals surface area contributed by atoms with E-state index < -0.39 is 247 Å². The second-order valence-electron chi connectivity index (χ2n) is 32.5. The number of para-hydroxylation sites is 1. The fraction of sp³-hybridized carbons (Fsp3) is 0.554. The molecule has 0 radical (unpaired) electrons. The smallest absolute Gasteiger partial charge is 0.328 e. The number of nitrogens with zero attached hydrogens (tertiary/aromatic N) is 19. The van der Waals surface area contributed by atoms with Gasteiger partial charge in [-0.1, -0.05) is 59.7 Å². The van der Waals surface area contributed by atoms with Crippen molar-refractivity contribution in [2.75, 3.05) is 43.5 Å². The number of aliphatic hydroxyl groups excluding tert-OH is 18. The Labute approximate surface area is 777 Å². The summed E-state index contributed by atoms with van der Waals surface area (Å²) in [5, 5.41) is 269. The third-order valence-corrected chi connectivity index (χ3v) is 20.9. The van der Waals surface area contributed by atoms with E-state index >= 15 is 0 Å². The van der Waals surface area contributed by atoms with Crippen LogP contribution in [0.1, 0.15) is 156 Å². The largest absolute Gasteiger partial charge is 0.497 e. The SMILES string of the molecule is CSCCC(N=C(O)C(CC(C)C)N=C(O)C(Cc1cnc[nH]1)N=C(O)CN=C(O)C(N=C(O)C(C)N=C(O)C(Cc1c[nH]c2ccccc12)N=C(O)C(CCC(=N)O)N=C(O)C(CC(=N)O)N=C(O)CN=C(O)C(CC(C)C)N=C(O)C(CCCNC(=N)N)N=C(O)C(CCC(=N)O)N=C(O)C(CCCCNc1ccc([N+](=O)[O-])c2onnc12)N=C(O)C1CCC(O)=N1)C(C)C)C(=O)O. The minimum atomic E-state index is -1.92. The number of hydrogen-bond donors (Lipinski definition) is 28. The number of rotatable bonds is 60. The Bertz CT molecular complexity index is 5310. The number of nitrogens with one attached hydrogen (secondary N) is 8. The van der Waals surface area contributed by atoms with Crippen LogP contribution in [0.4, 0.5) is 11.4 Å². The van der Waals surface area contributed by atoms with Crippen molar-refractivity contribution < 1.29 is 111 Å². The average Bonchev–Trinajstić information content (AvgIpc) is 1.67.